The molecule has 0 saturated carbocycles. The Morgan fingerprint density at radius 2 is 1.86 bits per heavy atom. The molecule has 4 nitrogen and oxygen atoms in total. The monoisotopic (exact) mass is 304 g/mol. The Morgan fingerprint density at radius 3 is 2.57 bits per heavy atom. The van der Waals surface area contributed by atoms with Crippen LogP contribution in [0.4, 0.5) is 17.3 Å². The van der Waals surface area contributed by atoms with Gasteiger partial charge in [0.1, 0.15) is 17.5 Å². The molecule has 5 heteroatoms. The Morgan fingerprint density at radius 1 is 1.14 bits per heavy atom. The van der Waals surface area contributed by atoms with E-state index in [0.29, 0.717) is 11.1 Å². The summed E-state index contributed by atoms with van der Waals surface area (Å²) < 4.78 is 0. The molecule has 2 N–H and O–H groups in total. The first-order valence-corrected chi connectivity index (χ1v) is 7.51. The van der Waals surface area contributed by atoms with Crippen molar-refractivity contribution in [3.63, 3.8) is 0 Å². The normalized spacial score (nSPS) is 12.0. The Bertz CT molecular complexity index is 628. The molecule has 0 fully saturated rings. The lowest BCUT2D eigenvalue weighted by Crippen LogP contribution is -2.15. The predicted octanol–water partition coefficient (Wildman–Crippen LogP) is 4.70. The molecule has 0 radical (unpaired) electrons. The molecule has 0 aliphatic heterocycles. The molecular formula is C16H21ClN4. The van der Waals surface area contributed by atoms with E-state index < -0.39 is 0 Å². The first-order chi connectivity index (χ1) is 9.97. The fourth-order valence-corrected chi connectivity index (χ4v) is 2.10. The molecule has 0 bridgehead atoms. The minimum atomic E-state index is 0.375. The molecule has 0 aliphatic carbocycles. The number of aryl methyl sites for hydroxylation is 2. The molecule has 0 saturated heterocycles. The van der Waals surface area contributed by atoms with Gasteiger partial charge in [-0.3, -0.25) is 0 Å². The van der Waals surface area contributed by atoms with Crippen molar-refractivity contribution in [2.75, 3.05) is 10.6 Å². The van der Waals surface area contributed by atoms with Crippen LogP contribution in [0.2, 0.25) is 5.02 Å². The summed E-state index contributed by atoms with van der Waals surface area (Å²) in [5.41, 5.74) is 2.07. The molecule has 1 atom stereocenters. The van der Waals surface area contributed by atoms with Crippen LogP contribution in [0.1, 0.15) is 31.7 Å². The topological polar surface area (TPSA) is 49.8 Å². The van der Waals surface area contributed by atoms with Crippen LogP contribution in [-0.2, 0) is 0 Å². The van der Waals surface area contributed by atoms with Crippen LogP contribution >= 0.6 is 11.6 Å². The Balaban J connectivity index is 2.25. The van der Waals surface area contributed by atoms with Gasteiger partial charge >= 0.3 is 0 Å². The van der Waals surface area contributed by atoms with Crippen molar-refractivity contribution < 1.29 is 0 Å². The molecule has 1 heterocycles. The van der Waals surface area contributed by atoms with Gasteiger partial charge in [-0.1, -0.05) is 24.6 Å². The number of hydrogen-bond acceptors (Lipinski definition) is 4. The second-order valence-electron chi connectivity index (χ2n) is 5.22. The lowest BCUT2D eigenvalue weighted by Gasteiger charge is -2.15. The predicted molar refractivity (Wildman–Crippen MR) is 89.6 cm³/mol. The van der Waals surface area contributed by atoms with Crippen LogP contribution in [0.3, 0.4) is 0 Å². The molecule has 0 amide bonds. The van der Waals surface area contributed by atoms with Crippen LogP contribution in [0.15, 0.2) is 24.3 Å². The van der Waals surface area contributed by atoms with Gasteiger partial charge in [0.15, 0.2) is 0 Å². The fraction of sp³-hybridized carbons (Fsp3) is 0.375. The maximum absolute atomic E-state index is 6.05. The number of aromatic nitrogens is 2. The zero-order chi connectivity index (χ0) is 15.4. The lowest BCUT2D eigenvalue weighted by molar-refractivity contribution is 0.757. The van der Waals surface area contributed by atoms with E-state index in [-0.39, 0.29) is 0 Å². The standard InChI is InChI=1S/C16H21ClN4/c1-5-11(3)18-15-9-16(20-12(4)19-15)21-14-8-13(17)7-6-10(14)2/h6-9,11H,5H2,1-4H3,(H2,18,19,20,21). The van der Waals surface area contributed by atoms with Gasteiger partial charge in [0, 0.05) is 22.8 Å². The summed E-state index contributed by atoms with van der Waals surface area (Å²) in [6, 6.07) is 8.05. The SMILES string of the molecule is CCC(C)Nc1cc(Nc2cc(Cl)ccc2C)nc(C)n1. The number of benzene rings is 1. The number of halogens is 1. The van der Waals surface area contributed by atoms with Gasteiger partial charge in [0.05, 0.1) is 0 Å². The molecule has 0 aliphatic rings. The molecule has 0 spiro atoms. The van der Waals surface area contributed by atoms with Crippen molar-refractivity contribution in [3.05, 3.63) is 40.7 Å². The zero-order valence-corrected chi connectivity index (χ0v) is 13.6. The highest BCUT2D eigenvalue weighted by molar-refractivity contribution is 6.30. The summed E-state index contributed by atoms with van der Waals surface area (Å²) in [6.07, 6.45) is 1.04. The van der Waals surface area contributed by atoms with Crippen molar-refractivity contribution in [1.29, 1.82) is 0 Å². The van der Waals surface area contributed by atoms with Gasteiger partial charge in [-0.25, -0.2) is 9.97 Å². The van der Waals surface area contributed by atoms with Crippen molar-refractivity contribution in [2.45, 2.75) is 40.2 Å². The summed E-state index contributed by atoms with van der Waals surface area (Å²) in [6.45, 7) is 8.19. The highest BCUT2D eigenvalue weighted by Gasteiger charge is 2.06. The number of rotatable bonds is 5. The summed E-state index contributed by atoms with van der Waals surface area (Å²) in [5, 5.41) is 7.38. The van der Waals surface area contributed by atoms with Gasteiger partial charge in [0.2, 0.25) is 0 Å². The summed E-state index contributed by atoms with van der Waals surface area (Å²) in [4.78, 5) is 8.84. The number of anilines is 3. The van der Waals surface area contributed by atoms with Crippen molar-refractivity contribution in [1.82, 2.24) is 9.97 Å². The first-order valence-electron chi connectivity index (χ1n) is 7.13. The van der Waals surface area contributed by atoms with Gasteiger partial charge in [0.25, 0.3) is 0 Å². The quantitative estimate of drug-likeness (QED) is 0.840. The fourth-order valence-electron chi connectivity index (χ4n) is 1.93. The second kappa shape index (κ2) is 6.76. The average Bonchev–Trinajstić information content (AvgIpc) is 2.42. The highest BCUT2D eigenvalue weighted by atomic mass is 35.5. The summed E-state index contributed by atoms with van der Waals surface area (Å²) in [7, 11) is 0. The first kappa shape index (κ1) is 15.6. The van der Waals surface area contributed by atoms with E-state index >= 15 is 0 Å². The van der Waals surface area contributed by atoms with E-state index in [1.807, 2.05) is 38.1 Å². The van der Waals surface area contributed by atoms with E-state index in [0.717, 1.165) is 35.1 Å². The van der Waals surface area contributed by atoms with E-state index in [1.165, 1.54) is 0 Å². The van der Waals surface area contributed by atoms with Gasteiger partial charge in [-0.15, -0.1) is 0 Å². The van der Waals surface area contributed by atoms with Crippen LogP contribution in [0.5, 0.6) is 0 Å². The molecule has 2 rings (SSSR count). The van der Waals surface area contributed by atoms with Crippen molar-refractivity contribution in [2.24, 2.45) is 0 Å². The second-order valence-corrected chi connectivity index (χ2v) is 5.66. The highest BCUT2D eigenvalue weighted by Crippen LogP contribution is 2.24. The van der Waals surface area contributed by atoms with Gasteiger partial charge in [-0.2, -0.15) is 0 Å². The van der Waals surface area contributed by atoms with E-state index in [4.69, 9.17) is 11.6 Å². The Hall–Kier alpha value is -1.81. The largest absolute Gasteiger partial charge is 0.367 e. The minimum Gasteiger partial charge on any atom is -0.367 e. The van der Waals surface area contributed by atoms with E-state index in [9.17, 15) is 0 Å². The van der Waals surface area contributed by atoms with Gasteiger partial charge in [-0.05, 0) is 44.9 Å². The molecule has 21 heavy (non-hydrogen) atoms. The lowest BCUT2D eigenvalue weighted by atomic mass is 10.2. The van der Waals surface area contributed by atoms with Gasteiger partial charge < -0.3 is 10.6 Å². The molecule has 1 aromatic carbocycles. The van der Waals surface area contributed by atoms with Crippen molar-refractivity contribution >= 4 is 28.9 Å². The van der Waals surface area contributed by atoms with Crippen molar-refractivity contribution in [3.8, 4) is 0 Å². The van der Waals surface area contributed by atoms with E-state index in [2.05, 4.69) is 34.4 Å². The minimum absolute atomic E-state index is 0.375. The maximum Gasteiger partial charge on any atom is 0.136 e. The average molecular weight is 305 g/mol. The van der Waals surface area contributed by atoms with Crippen LogP contribution < -0.4 is 10.6 Å². The number of nitrogens with one attached hydrogen (secondary N) is 2. The molecular weight excluding hydrogens is 284 g/mol. The van der Waals surface area contributed by atoms with Crippen LogP contribution in [-0.4, -0.2) is 16.0 Å². The number of nitrogens with zero attached hydrogens (tertiary/aromatic N) is 2. The number of hydrogen-bond donors (Lipinski definition) is 2. The Labute approximate surface area is 131 Å². The Kier molecular flexibility index (Phi) is 5.02. The zero-order valence-electron chi connectivity index (χ0n) is 12.9. The third kappa shape index (κ3) is 4.33. The third-order valence-electron chi connectivity index (χ3n) is 3.31. The smallest absolute Gasteiger partial charge is 0.136 e. The van der Waals surface area contributed by atoms with Crippen LogP contribution in [0.25, 0.3) is 0 Å². The molecule has 1 unspecified atom stereocenters. The molecule has 112 valence electrons. The molecule has 2 aromatic rings. The third-order valence-corrected chi connectivity index (χ3v) is 3.54. The maximum atomic E-state index is 6.05. The summed E-state index contributed by atoms with van der Waals surface area (Å²) in [5.74, 6) is 2.32. The summed E-state index contributed by atoms with van der Waals surface area (Å²) >= 11 is 6.05. The molecule has 1 aromatic heterocycles. The van der Waals surface area contributed by atoms with Crippen LogP contribution in [0, 0.1) is 13.8 Å². The van der Waals surface area contributed by atoms with E-state index in [1.54, 1.807) is 0 Å².